The topological polar surface area (TPSA) is 55.1 Å². The lowest BCUT2D eigenvalue weighted by atomic mass is 9.84. The number of aromatic nitrogens is 2. The van der Waals surface area contributed by atoms with Crippen molar-refractivity contribution in [3.63, 3.8) is 0 Å². The van der Waals surface area contributed by atoms with Crippen LogP contribution in [0.2, 0.25) is 0 Å². The van der Waals surface area contributed by atoms with E-state index in [1.165, 1.54) is 0 Å². The predicted molar refractivity (Wildman–Crippen MR) is 66.0 cm³/mol. The Bertz CT molecular complexity index is 570. The van der Waals surface area contributed by atoms with Crippen LogP contribution in [0.4, 0.5) is 0 Å². The van der Waals surface area contributed by atoms with Crippen molar-refractivity contribution in [3.8, 4) is 0 Å². The number of para-hydroxylation sites is 1. The molecule has 0 saturated heterocycles. The maximum absolute atomic E-state index is 10.9. The van der Waals surface area contributed by atoms with Crippen LogP contribution in [0.15, 0.2) is 24.3 Å². The summed E-state index contributed by atoms with van der Waals surface area (Å²) >= 11 is 0. The van der Waals surface area contributed by atoms with Crippen LogP contribution < -0.4 is 0 Å². The van der Waals surface area contributed by atoms with E-state index in [2.05, 4.69) is 5.10 Å². The summed E-state index contributed by atoms with van der Waals surface area (Å²) in [4.78, 5) is 10.9. The van der Waals surface area contributed by atoms with Crippen LogP contribution in [0, 0.1) is 0 Å². The minimum atomic E-state index is -0.801. The Labute approximate surface area is 99.9 Å². The largest absolute Gasteiger partial charge is 0.481 e. The fourth-order valence-corrected chi connectivity index (χ4v) is 2.18. The van der Waals surface area contributed by atoms with E-state index >= 15 is 0 Å². The molecule has 17 heavy (non-hydrogen) atoms. The van der Waals surface area contributed by atoms with Crippen LogP contribution in [-0.4, -0.2) is 20.9 Å². The van der Waals surface area contributed by atoms with Crippen molar-refractivity contribution in [1.82, 2.24) is 9.78 Å². The van der Waals surface area contributed by atoms with Crippen molar-refractivity contribution in [2.75, 3.05) is 0 Å². The first-order valence-electron chi connectivity index (χ1n) is 5.56. The van der Waals surface area contributed by atoms with E-state index in [9.17, 15) is 4.79 Å². The number of carbonyl (C=O) groups is 1. The average molecular weight is 232 g/mol. The zero-order chi connectivity index (χ0) is 12.6. The van der Waals surface area contributed by atoms with E-state index in [4.69, 9.17) is 5.11 Å². The molecule has 0 bridgehead atoms. The summed E-state index contributed by atoms with van der Waals surface area (Å²) in [6.45, 7) is 3.83. The number of fused-ring (bicyclic) bond motifs is 1. The lowest BCUT2D eigenvalue weighted by Gasteiger charge is -2.20. The molecule has 0 saturated carbocycles. The molecule has 1 heterocycles. The number of benzene rings is 1. The summed E-state index contributed by atoms with van der Waals surface area (Å²) in [6, 6.07) is 7.88. The van der Waals surface area contributed by atoms with Gasteiger partial charge in [-0.05, 0) is 6.07 Å². The highest BCUT2D eigenvalue weighted by atomic mass is 16.4. The first-order valence-corrected chi connectivity index (χ1v) is 5.56. The Morgan fingerprint density at radius 3 is 2.71 bits per heavy atom. The number of carboxylic acid groups (broad SMARTS) is 1. The number of aryl methyl sites for hydroxylation is 1. The molecular weight excluding hydrogens is 216 g/mol. The third-order valence-corrected chi connectivity index (χ3v) is 2.99. The summed E-state index contributed by atoms with van der Waals surface area (Å²) < 4.78 is 1.80. The molecule has 0 spiro atoms. The van der Waals surface area contributed by atoms with Crippen LogP contribution in [-0.2, 0) is 17.3 Å². The van der Waals surface area contributed by atoms with Crippen LogP contribution in [0.1, 0.15) is 26.0 Å². The molecular formula is C13H16N2O2. The lowest BCUT2D eigenvalue weighted by molar-refractivity contribution is -0.138. The highest BCUT2D eigenvalue weighted by molar-refractivity contribution is 5.83. The predicted octanol–water partition coefficient (Wildman–Crippen LogP) is 2.33. The first-order chi connectivity index (χ1) is 7.92. The van der Waals surface area contributed by atoms with Gasteiger partial charge in [0.2, 0.25) is 0 Å². The SMILES string of the molecule is Cn1nc(C(C)(C)CC(=O)O)c2ccccc21. The fourth-order valence-electron chi connectivity index (χ4n) is 2.18. The van der Waals surface area contributed by atoms with Crippen molar-refractivity contribution in [2.45, 2.75) is 25.7 Å². The fraction of sp³-hybridized carbons (Fsp3) is 0.385. The van der Waals surface area contributed by atoms with E-state index in [0.717, 1.165) is 16.6 Å². The molecule has 2 aromatic rings. The molecule has 0 fully saturated rings. The minimum absolute atomic E-state index is 0.0774. The van der Waals surface area contributed by atoms with Gasteiger partial charge in [0.05, 0.1) is 17.6 Å². The van der Waals surface area contributed by atoms with Crippen molar-refractivity contribution in [3.05, 3.63) is 30.0 Å². The summed E-state index contributed by atoms with van der Waals surface area (Å²) in [7, 11) is 1.88. The molecule has 0 aliphatic heterocycles. The number of carboxylic acids is 1. The van der Waals surface area contributed by atoms with Gasteiger partial charge in [-0.25, -0.2) is 0 Å². The van der Waals surface area contributed by atoms with Gasteiger partial charge in [0, 0.05) is 17.8 Å². The average Bonchev–Trinajstić information content (AvgIpc) is 2.56. The molecule has 4 nitrogen and oxygen atoms in total. The number of rotatable bonds is 3. The number of nitrogens with zero attached hydrogens (tertiary/aromatic N) is 2. The van der Waals surface area contributed by atoms with Gasteiger partial charge in [-0.2, -0.15) is 5.10 Å². The number of hydrogen-bond donors (Lipinski definition) is 1. The van der Waals surface area contributed by atoms with Gasteiger partial charge >= 0.3 is 5.97 Å². The first kappa shape index (κ1) is 11.6. The third kappa shape index (κ3) is 2.02. The quantitative estimate of drug-likeness (QED) is 0.883. The Kier molecular flexibility index (Phi) is 2.65. The third-order valence-electron chi connectivity index (χ3n) is 2.99. The van der Waals surface area contributed by atoms with E-state index < -0.39 is 11.4 Å². The number of aliphatic carboxylic acids is 1. The molecule has 1 aromatic heterocycles. The van der Waals surface area contributed by atoms with Gasteiger partial charge in [0.1, 0.15) is 0 Å². The van der Waals surface area contributed by atoms with E-state index in [-0.39, 0.29) is 6.42 Å². The van der Waals surface area contributed by atoms with Crippen molar-refractivity contribution >= 4 is 16.9 Å². The maximum Gasteiger partial charge on any atom is 0.304 e. The second-order valence-corrected chi connectivity index (χ2v) is 4.94. The molecule has 4 heteroatoms. The van der Waals surface area contributed by atoms with Crippen LogP contribution in [0.25, 0.3) is 10.9 Å². The van der Waals surface area contributed by atoms with Gasteiger partial charge in [-0.1, -0.05) is 32.0 Å². The Balaban J connectivity index is 2.59. The van der Waals surface area contributed by atoms with Gasteiger partial charge in [-0.15, -0.1) is 0 Å². The zero-order valence-electron chi connectivity index (χ0n) is 10.3. The summed E-state index contributed by atoms with van der Waals surface area (Å²) in [5.41, 5.74) is 1.41. The lowest BCUT2D eigenvalue weighted by Crippen LogP contribution is -2.22. The van der Waals surface area contributed by atoms with Gasteiger partial charge in [0.25, 0.3) is 0 Å². The molecule has 0 atom stereocenters. The molecule has 0 aliphatic rings. The molecule has 90 valence electrons. The summed E-state index contributed by atoms with van der Waals surface area (Å²) in [5, 5.41) is 14.5. The van der Waals surface area contributed by atoms with Crippen molar-refractivity contribution in [1.29, 1.82) is 0 Å². The number of hydrogen-bond acceptors (Lipinski definition) is 2. The standard InChI is InChI=1S/C13H16N2O2/c1-13(2,8-11(16)17)12-9-6-4-5-7-10(9)15(3)14-12/h4-7H,8H2,1-3H3,(H,16,17). The second-order valence-electron chi connectivity index (χ2n) is 4.94. The van der Waals surface area contributed by atoms with Gasteiger partial charge in [0.15, 0.2) is 0 Å². The van der Waals surface area contributed by atoms with Crippen LogP contribution in [0.3, 0.4) is 0 Å². The summed E-state index contributed by atoms with van der Waals surface area (Å²) in [6.07, 6.45) is 0.0774. The molecule has 1 N–H and O–H groups in total. The normalized spacial score (nSPS) is 11.9. The molecule has 0 radical (unpaired) electrons. The molecule has 1 aromatic carbocycles. The van der Waals surface area contributed by atoms with E-state index in [0.29, 0.717) is 0 Å². The molecule has 2 rings (SSSR count). The minimum Gasteiger partial charge on any atom is -0.481 e. The maximum atomic E-state index is 10.9. The van der Waals surface area contributed by atoms with Gasteiger partial charge < -0.3 is 5.11 Å². The Morgan fingerprint density at radius 1 is 1.41 bits per heavy atom. The highest BCUT2D eigenvalue weighted by Crippen LogP contribution is 2.31. The van der Waals surface area contributed by atoms with Gasteiger partial charge in [-0.3, -0.25) is 9.48 Å². The zero-order valence-corrected chi connectivity index (χ0v) is 10.3. The molecule has 0 amide bonds. The van der Waals surface area contributed by atoms with E-state index in [1.54, 1.807) is 4.68 Å². The monoisotopic (exact) mass is 232 g/mol. The van der Waals surface area contributed by atoms with Crippen molar-refractivity contribution < 1.29 is 9.90 Å². The Hall–Kier alpha value is -1.84. The van der Waals surface area contributed by atoms with E-state index in [1.807, 2.05) is 45.2 Å². The van der Waals surface area contributed by atoms with Crippen LogP contribution >= 0.6 is 0 Å². The second kappa shape index (κ2) is 3.87. The highest BCUT2D eigenvalue weighted by Gasteiger charge is 2.29. The molecule has 0 aliphatic carbocycles. The molecule has 0 unspecified atom stereocenters. The summed E-state index contributed by atoms with van der Waals surface area (Å²) in [5.74, 6) is -0.801. The van der Waals surface area contributed by atoms with Crippen molar-refractivity contribution in [2.24, 2.45) is 7.05 Å². The Morgan fingerprint density at radius 2 is 2.06 bits per heavy atom. The van der Waals surface area contributed by atoms with Crippen LogP contribution in [0.5, 0.6) is 0 Å². The smallest absolute Gasteiger partial charge is 0.304 e.